The number of carbonyl (C=O) groups is 2. The average molecular weight is 535 g/mol. The molecule has 1 heterocycles. The van der Waals surface area contributed by atoms with Gasteiger partial charge in [-0.05, 0) is 71.8 Å². The SMILES string of the molecule is N#Cc1ccc(C[C@H]2O[C@H](c3ccc(Cl)cc3)[C@H](c3ccc(Cl)cc3)N([C@H](C(=O)O)C3CC3)C2=O)cc1. The molecule has 37 heavy (non-hydrogen) atoms. The Hall–Kier alpha value is -3.37. The maximum absolute atomic E-state index is 14.1. The third kappa shape index (κ3) is 5.35. The molecule has 0 bridgehead atoms. The highest BCUT2D eigenvalue weighted by atomic mass is 35.5. The van der Waals surface area contributed by atoms with E-state index in [0.29, 0.717) is 15.6 Å². The highest BCUT2D eigenvalue weighted by Gasteiger charge is 2.52. The predicted octanol–water partition coefficient (Wildman–Crippen LogP) is 5.98. The number of rotatable bonds is 7. The topological polar surface area (TPSA) is 90.6 Å². The van der Waals surface area contributed by atoms with E-state index in [0.717, 1.165) is 29.5 Å². The van der Waals surface area contributed by atoms with E-state index in [1.807, 2.05) is 24.3 Å². The van der Waals surface area contributed by atoms with Crippen molar-refractivity contribution in [2.75, 3.05) is 0 Å². The van der Waals surface area contributed by atoms with E-state index in [2.05, 4.69) is 6.07 Å². The molecular formula is C29H24Cl2N2O4. The molecule has 3 aromatic rings. The minimum atomic E-state index is -1.02. The van der Waals surface area contributed by atoms with Crippen LogP contribution < -0.4 is 0 Å². The summed E-state index contributed by atoms with van der Waals surface area (Å²) in [5.74, 6) is -1.51. The fourth-order valence-corrected chi connectivity index (χ4v) is 5.25. The van der Waals surface area contributed by atoms with E-state index in [1.165, 1.54) is 4.90 Å². The highest BCUT2D eigenvalue weighted by molar-refractivity contribution is 6.30. The largest absolute Gasteiger partial charge is 0.480 e. The van der Waals surface area contributed by atoms with Crippen molar-refractivity contribution >= 4 is 35.1 Å². The normalized spacial score (nSPS) is 22.4. The Morgan fingerprint density at radius 1 is 0.973 bits per heavy atom. The number of hydrogen-bond acceptors (Lipinski definition) is 4. The lowest BCUT2D eigenvalue weighted by Crippen LogP contribution is -2.58. The van der Waals surface area contributed by atoms with E-state index >= 15 is 0 Å². The number of amides is 1. The fraction of sp³-hybridized carbons (Fsp3) is 0.276. The molecule has 5 rings (SSSR count). The van der Waals surface area contributed by atoms with Crippen molar-refractivity contribution in [3.63, 3.8) is 0 Å². The second-order valence-electron chi connectivity index (χ2n) is 9.47. The summed E-state index contributed by atoms with van der Waals surface area (Å²) in [6.45, 7) is 0. The van der Waals surface area contributed by atoms with Crippen molar-refractivity contribution in [3.05, 3.63) is 105 Å². The monoisotopic (exact) mass is 534 g/mol. The van der Waals surface area contributed by atoms with Crippen LogP contribution in [-0.2, 0) is 20.7 Å². The number of morpholine rings is 1. The van der Waals surface area contributed by atoms with Crippen LogP contribution in [0.5, 0.6) is 0 Å². The molecule has 2 fully saturated rings. The van der Waals surface area contributed by atoms with Crippen molar-refractivity contribution in [3.8, 4) is 6.07 Å². The Balaban J connectivity index is 1.61. The second kappa shape index (κ2) is 10.5. The molecule has 2 aliphatic rings. The molecule has 0 unspecified atom stereocenters. The lowest BCUT2D eigenvalue weighted by atomic mass is 9.88. The van der Waals surface area contributed by atoms with Crippen molar-refractivity contribution in [2.24, 2.45) is 5.92 Å². The molecular weight excluding hydrogens is 511 g/mol. The molecule has 1 amide bonds. The van der Waals surface area contributed by atoms with Crippen LogP contribution in [0, 0.1) is 17.2 Å². The molecule has 1 aliphatic carbocycles. The predicted molar refractivity (Wildman–Crippen MR) is 139 cm³/mol. The van der Waals surface area contributed by atoms with Gasteiger partial charge in [-0.1, -0.05) is 59.6 Å². The quantitative estimate of drug-likeness (QED) is 0.402. The van der Waals surface area contributed by atoms with Gasteiger partial charge in [-0.2, -0.15) is 5.26 Å². The van der Waals surface area contributed by atoms with Gasteiger partial charge in [-0.3, -0.25) is 4.79 Å². The van der Waals surface area contributed by atoms with Gasteiger partial charge in [0.05, 0.1) is 17.7 Å². The molecule has 1 aliphatic heterocycles. The number of ether oxygens (including phenoxy) is 1. The van der Waals surface area contributed by atoms with Gasteiger partial charge in [0.15, 0.2) is 0 Å². The number of carbonyl (C=O) groups excluding carboxylic acids is 1. The van der Waals surface area contributed by atoms with Crippen LogP contribution in [0.15, 0.2) is 72.8 Å². The Morgan fingerprint density at radius 2 is 1.54 bits per heavy atom. The second-order valence-corrected chi connectivity index (χ2v) is 10.3. The van der Waals surface area contributed by atoms with Crippen LogP contribution in [0.3, 0.4) is 0 Å². The Labute approximate surface area is 225 Å². The van der Waals surface area contributed by atoms with E-state index < -0.39 is 30.3 Å². The maximum atomic E-state index is 14.1. The van der Waals surface area contributed by atoms with Gasteiger partial charge < -0.3 is 14.7 Å². The van der Waals surface area contributed by atoms with E-state index in [1.54, 1.807) is 48.5 Å². The van der Waals surface area contributed by atoms with Crippen LogP contribution >= 0.6 is 23.2 Å². The zero-order chi connectivity index (χ0) is 26.1. The first-order chi connectivity index (χ1) is 17.9. The Bertz CT molecular complexity index is 1330. The van der Waals surface area contributed by atoms with E-state index in [4.69, 9.17) is 33.2 Å². The van der Waals surface area contributed by atoms with Gasteiger partial charge in [0.2, 0.25) is 0 Å². The summed E-state index contributed by atoms with van der Waals surface area (Å²) in [5.41, 5.74) is 2.85. The first-order valence-corrected chi connectivity index (χ1v) is 12.8. The fourth-order valence-electron chi connectivity index (χ4n) is 5.00. The number of nitrogens with zero attached hydrogens (tertiary/aromatic N) is 2. The van der Waals surface area contributed by atoms with Crippen molar-refractivity contribution in [2.45, 2.75) is 43.6 Å². The van der Waals surface area contributed by atoms with Crippen LogP contribution in [0.25, 0.3) is 0 Å². The number of hydrogen-bond donors (Lipinski definition) is 1. The number of halogens is 2. The number of benzene rings is 3. The van der Waals surface area contributed by atoms with Crippen LogP contribution in [0.4, 0.5) is 0 Å². The number of nitriles is 1. The first kappa shape index (κ1) is 25.3. The maximum Gasteiger partial charge on any atom is 0.326 e. The van der Waals surface area contributed by atoms with Gasteiger partial charge in [-0.15, -0.1) is 0 Å². The Morgan fingerprint density at radius 3 is 2.05 bits per heavy atom. The highest BCUT2D eigenvalue weighted by Crippen LogP contribution is 2.47. The summed E-state index contributed by atoms with van der Waals surface area (Å²) in [5, 5.41) is 20.5. The zero-order valence-corrected chi connectivity index (χ0v) is 21.3. The molecule has 6 nitrogen and oxygen atoms in total. The molecule has 0 radical (unpaired) electrons. The molecule has 1 saturated heterocycles. The first-order valence-electron chi connectivity index (χ1n) is 12.1. The molecule has 3 aromatic carbocycles. The summed E-state index contributed by atoms with van der Waals surface area (Å²) in [7, 11) is 0. The summed E-state index contributed by atoms with van der Waals surface area (Å²) in [4.78, 5) is 28.2. The average Bonchev–Trinajstić information content (AvgIpc) is 3.73. The van der Waals surface area contributed by atoms with Gasteiger partial charge in [-0.25, -0.2) is 4.79 Å². The van der Waals surface area contributed by atoms with Crippen molar-refractivity contribution in [1.29, 1.82) is 5.26 Å². The number of carboxylic acid groups (broad SMARTS) is 1. The third-order valence-electron chi connectivity index (χ3n) is 6.96. The summed E-state index contributed by atoms with van der Waals surface area (Å²) < 4.78 is 6.52. The van der Waals surface area contributed by atoms with Crippen LogP contribution in [0.1, 0.15) is 47.2 Å². The minimum Gasteiger partial charge on any atom is -0.480 e. The molecule has 1 saturated carbocycles. The molecule has 4 atom stereocenters. The number of aliphatic carboxylic acids is 1. The molecule has 0 aromatic heterocycles. The smallest absolute Gasteiger partial charge is 0.326 e. The van der Waals surface area contributed by atoms with Gasteiger partial charge >= 0.3 is 5.97 Å². The van der Waals surface area contributed by atoms with Gasteiger partial charge in [0.1, 0.15) is 18.2 Å². The molecule has 8 heteroatoms. The van der Waals surface area contributed by atoms with Crippen LogP contribution in [-0.4, -0.2) is 34.0 Å². The van der Waals surface area contributed by atoms with E-state index in [9.17, 15) is 14.7 Å². The van der Waals surface area contributed by atoms with Crippen molar-refractivity contribution < 1.29 is 19.4 Å². The Kier molecular flexibility index (Phi) is 7.21. The van der Waals surface area contributed by atoms with E-state index in [-0.39, 0.29) is 18.2 Å². The third-order valence-corrected chi connectivity index (χ3v) is 7.47. The summed E-state index contributed by atoms with van der Waals surface area (Å²) in [6.07, 6.45) is 0.204. The lowest BCUT2D eigenvalue weighted by molar-refractivity contribution is -0.185. The van der Waals surface area contributed by atoms with Gasteiger partial charge in [0, 0.05) is 16.5 Å². The van der Waals surface area contributed by atoms with Gasteiger partial charge in [0.25, 0.3) is 5.91 Å². The standard InChI is InChI=1S/C29H24Cl2N2O4/c30-22-11-7-19(8-12-22)25-27(21-9-13-23(31)14-10-21)37-24(15-17-1-3-18(16-32)4-2-17)28(34)33(25)26(29(35)36)20-5-6-20/h1-4,7-14,20,24-27H,5-6,15H2,(H,35,36)/t24-,25+,26+,27-/m1/s1. The number of carboxylic acids is 1. The van der Waals surface area contributed by atoms with Crippen LogP contribution in [0.2, 0.25) is 10.0 Å². The summed E-state index contributed by atoms with van der Waals surface area (Å²) >= 11 is 12.3. The van der Waals surface area contributed by atoms with Crippen molar-refractivity contribution in [1.82, 2.24) is 4.90 Å². The summed E-state index contributed by atoms with van der Waals surface area (Å²) in [6, 6.07) is 21.7. The lowest BCUT2D eigenvalue weighted by Gasteiger charge is -2.47. The molecule has 188 valence electrons. The minimum absolute atomic E-state index is 0.115. The zero-order valence-electron chi connectivity index (χ0n) is 19.8. The molecule has 1 N–H and O–H groups in total. The molecule has 0 spiro atoms.